The molecule has 1 aliphatic carbocycles. The van der Waals surface area contributed by atoms with Crippen molar-refractivity contribution in [3.63, 3.8) is 0 Å². The van der Waals surface area contributed by atoms with Crippen molar-refractivity contribution >= 4 is 9.84 Å². The lowest BCUT2D eigenvalue weighted by atomic mass is 9.80. The second-order valence-electron chi connectivity index (χ2n) is 5.86. The molecule has 2 atom stereocenters. The van der Waals surface area contributed by atoms with Gasteiger partial charge in [0.1, 0.15) is 0 Å². The predicted molar refractivity (Wildman–Crippen MR) is 83.8 cm³/mol. The van der Waals surface area contributed by atoms with E-state index >= 15 is 0 Å². The SMILES string of the molecule is CCNC(c1ccc(C2CCC2)cc1)C(C)S(C)(=O)=O. The van der Waals surface area contributed by atoms with Gasteiger partial charge in [0, 0.05) is 12.3 Å². The Kier molecular flexibility index (Phi) is 4.86. The molecule has 0 heterocycles. The summed E-state index contributed by atoms with van der Waals surface area (Å²) in [7, 11) is -3.05. The van der Waals surface area contributed by atoms with Gasteiger partial charge in [-0.25, -0.2) is 8.42 Å². The number of nitrogens with one attached hydrogen (secondary N) is 1. The molecule has 1 saturated carbocycles. The molecule has 2 rings (SSSR count). The molecular formula is C16H25NO2S. The van der Waals surface area contributed by atoms with Crippen LogP contribution >= 0.6 is 0 Å². The van der Waals surface area contributed by atoms with E-state index in [2.05, 4.69) is 29.6 Å². The molecule has 1 N–H and O–H groups in total. The van der Waals surface area contributed by atoms with E-state index in [9.17, 15) is 8.42 Å². The summed E-state index contributed by atoms with van der Waals surface area (Å²) in [4.78, 5) is 0. The van der Waals surface area contributed by atoms with E-state index < -0.39 is 15.1 Å². The summed E-state index contributed by atoms with van der Waals surface area (Å²) >= 11 is 0. The van der Waals surface area contributed by atoms with E-state index in [0.717, 1.165) is 12.1 Å². The van der Waals surface area contributed by atoms with E-state index in [1.165, 1.54) is 31.1 Å². The monoisotopic (exact) mass is 295 g/mol. The normalized spacial score (nSPS) is 19.4. The topological polar surface area (TPSA) is 46.2 Å². The molecule has 1 aromatic rings. The van der Waals surface area contributed by atoms with Crippen LogP contribution in [-0.4, -0.2) is 26.5 Å². The zero-order valence-corrected chi connectivity index (χ0v) is 13.4. The van der Waals surface area contributed by atoms with Gasteiger partial charge < -0.3 is 5.32 Å². The molecular weight excluding hydrogens is 270 g/mol. The maximum atomic E-state index is 11.8. The van der Waals surface area contributed by atoms with Crippen molar-refractivity contribution in [3.8, 4) is 0 Å². The maximum absolute atomic E-state index is 11.8. The smallest absolute Gasteiger partial charge is 0.151 e. The van der Waals surface area contributed by atoms with Gasteiger partial charge in [-0.3, -0.25) is 0 Å². The van der Waals surface area contributed by atoms with Gasteiger partial charge in [-0.1, -0.05) is 37.6 Å². The summed E-state index contributed by atoms with van der Waals surface area (Å²) in [6, 6.07) is 8.37. The zero-order chi connectivity index (χ0) is 14.8. The van der Waals surface area contributed by atoms with Crippen LogP contribution in [0.4, 0.5) is 0 Å². The van der Waals surface area contributed by atoms with Crippen LogP contribution in [-0.2, 0) is 9.84 Å². The Hall–Kier alpha value is -0.870. The van der Waals surface area contributed by atoms with Gasteiger partial charge in [0.05, 0.1) is 5.25 Å². The fraction of sp³-hybridized carbons (Fsp3) is 0.625. The highest BCUT2D eigenvalue weighted by Gasteiger charge is 2.27. The van der Waals surface area contributed by atoms with Gasteiger partial charge >= 0.3 is 0 Å². The van der Waals surface area contributed by atoms with Crippen LogP contribution < -0.4 is 5.32 Å². The van der Waals surface area contributed by atoms with Crippen molar-refractivity contribution in [2.24, 2.45) is 0 Å². The number of sulfone groups is 1. The lowest BCUT2D eigenvalue weighted by molar-refractivity contribution is 0.419. The average Bonchev–Trinajstić information content (AvgIpc) is 2.33. The molecule has 0 aromatic heterocycles. The Morgan fingerprint density at radius 2 is 1.85 bits per heavy atom. The number of rotatable bonds is 6. The summed E-state index contributed by atoms with van der Waals surface area (Å²) < 4.78 is 23.6. The number of benzene rings is 1. The van der Waals surface area contributed by atoms with Gasteiger partial charge in [-0.2, -0.15) is 0 Å². The molecule has 0 amide bonds. The Labute approximate surface area is 122 Å². The van der Waals surface area contributed by atoms with Gasteiger partial charge in [0.2, 0.25) is 0 Å². The molecule has 2 unspecified atom stereocenters. The molecule has 1 aliphatic rings. The standard InChI is InChI=1S/C16H25NO2S/c1-4-17-16(12(2)20(3,18)19)15-10-8-14(9-11-15)13-6-5-7-13/h8-13,16-17H,4-7H2,1-3H3. The summed E-state index contributed by atoms with van der Waals surface area (Å²) in [5.41, 5.74) is 2.45. The third kappa shape index (κ3) is 3.41. The quantitative estimate of drug-likeness (QED) is 0.877. The van der Waals surface area contributed by atoms with Crippen LogP contribution in [0.15, 0.2) is 24.3 Å². The molecule has 0 spiro atoms. The summed E-state index contributed by atoms with van der Waals surface area (Å²) in [6.45, 7) is 4.54. The van der Waals surface area contributed by atoms with Gasteiger partial charge in [-0.05, 0) is 43.4 Å². The Bertz CT molecular complexity index is 532. The van der Waals surface area contributed by atoms with E-state index in [4.69, 9.17) is 0 Å². The highest BCUT2D eigenvalue weighted by molar-refractivity contribution is 7.91. The summed E-state index contributed by atoms with van der Waals surface area (Å²) in [5.74, 6) is 0.717. The van der Waals surface area contributed by atoms with Crippen LogP contribution in [0.2, 0.25) is 0 Å². The van der Waals surface area contributed by atoms with E-state index in [-0.39, 0.29) is 6.04 Å². The fourth-order valence-electron chi connectivity index (χ4n) is 2.74. The zero-order valence-electron chi connectivity index (χ0n) is 12.6. The van der Waals surface area contributed by atoms with Crippen LogP contribution in [0.1, 0.15) is 56.2 Å². The molecule has 1 fully saturated rings. The van der Waals surface area contributed by atoms with E-state index in [1.807, 2.05) is 6.92 Å². The molecule has 112 valence electrons. The van der Waals surface area contributed by atoms with Crippen molar-refractivity contribution in [1.29, 1.82) is 0 Å². The fourth-order valence-corrected chi connectivity index (χ4v) is 3.49. The van der Waals surface area contributed by atoms with Crippen LogP contribution in [0.5, 0.6) is 0 Å². The third-order valence-electron chi connectivity index (χ3n) is 4.44. The molecule has 0 radical (unpaired) electrons. The van der Waals surface area contributed by atoms with Gasteiger partial charge in [-0.15, -0.1) is 0 Å². The lowest BCUT2D eigenvalue weighted by Crippen LogP contribution is -2.35. The largest absolute Gasteiger partial charge is 0.309 e. The van der Waals surface area contributed by atoms with Crippen LogP contribution in [0.3, 0.4) is 0 Å². The first-order chi connectivity index (χ1) is 9.43. The molecule has 3 nitrogen and oxygen atoms in total. The molecule has 0 aliphatic heterocycles. The van der Waals surface area contributed by atoms with Crippen molar-refractivity contribution in [1.82, 2.24) is 5.32 Å². The number of hydrogen-bond acceptors (Lipinski definition) is 3. The molecule has 0 bridgehead atoms. The maximum Gasteiger partial charge on any atom is 0.151 e. The van der Waals surface area contributed by atoms with Crippen LogP contribution in [0, 0.1) is 0 Å². The van der Waals surface area contributed by atoms with Gasteiger partial charge in [0.25, 0.3) is 0 Å². The van der Waals surface area contributed by atoms with Crippen molar-refractivity contribution in [3.05, 3.63) is 35.4 Å². The van der Waals surface area contributed by atoms with E-state index in [0.29, 0.717) is 5.92 Å². The second kappa shape index (κ2) is 6.27. The summed E-state index contributed by atoms with van der Waals surface area (Å²) in [6.07, 6.45) is 5.22. The van der Waals surface area contributed by atoms with Crippen LogP contribution in [0.25, 0.3) is 0 Å². The minimum absolute atomic E-state index is 0.134. The Balaban J connectivity index is 2.20. The second-order valence-corrected chi connectivity index (χ2v) is 8.27. The van der Waals surface area contributed by atoms with Crippen molar-refractivity contribution < 1.29 is 8.42 Å². The lowest BCUT2D eigenvalue weighted by Gasteiger charge is -2.27. The molecule has 4 heteroatoms. The number of hydrogen-bond donors (Lipinski definition) is 1. The first-order valence-electron chi connectivity index (χ1n) is 7.45. The first-order valence-corrected chi connectivity index (χ1v) is 9.41. The molecule has 20 heavy (non-hydrogen) atoms. The van der Waals surface area contributed by atoms with Gasteiger partial charge in [0.15, 0.2) is 9.84 Å². The molecule has 0 saturated heterocycles. The predicted octanol–water partition coefficient (Wildman–Crippen LogP) is 3.04. The average molecular weight is 295 g/mol. The Morgan fingerprint density at radius 3 is 2.25 bits per heavy atom. The highest BCUT2D eigenvalue weighted by Crippen LogP contribution is 2.36. The highest BCUT2D eigenvalue weighted by atomic mass is 32.2. The minimum atomic E-state index is -3.05. The van der Waals surface area contributed by atoms with E-state index in [1.54, 1.807) is 6.92 Å². The minimum Gasteiger partial charge on any atom is -0.309 e. The first kappa shape index (κ1) is 15.5. The molecule has 1 aromatic carbocycles. The van der Waals surface area contributed by atoms with Crippen molar-refractivity contribution in [2.45, 2.75) is 50.3 Å². The Morgan fingerprint density at radius 1 is 1.25 bits per heavy atom. The van der Waals surface area contributed by atoms with Crippen molar-refractivity contribution in [2.75, 3.05) is 12.8 Å². The summed E-state index contributed by atoms with van der Waals surface area (Å²) in [5, 5.41) is 2.88. The third-order valence-corrected chi connectivity index (χ3v) is 6.06.